The van der Waals surface area contributed by atoms with Crippen molar-refractivity contribution in [2.24, 2.45) is 0 Å². The minimum absolute atomic E-state index is 0.0189. The predicted molar refractivity (Wildman–Crippen MR) is 138 cm³/mol. The summed E-state index contributed by atoms with van der Waals surface area (Å²) in [4.78, 5) is 32.1. The van der Waals surface area contributed by atoms with Crippen molar-refractivity contribution in [3.8, 4) is 11.5 Å². The van der Waals surface area contributed by atoms with E-state index in [1.165, 1.54) is 16.2 Å². The maximum absolute atomic E-state index is 13.6. The highest BCUT2D eigenvalue weighted by molar-refractivity contribution is 7.12. The number of ether oxygens (including phenoxy) is 3. The van der Waals surface area contributed by atoms with E-state index in [9.17, 15) is 9.59 Å². The summed E-state index contributed by atoms with van der Waals surface area (Å²) < 4.78 is 16.7. The van der Waals surface area contributed by atoms with Gasteiger partial charge in [-0.1, -0.05) is 18.2 Å². The summed E-state index contributed by atoms with van der Waals surface area (Å²) in [6.07, 6.45) is 1.46. The molecule has 0 radical (unpaired) electrons. The molecule has 4 rings (SSSR count). The molecule has 3 heterocycles. The Hall–Kier alpha value is -2.88. The number of carbonyl (C=O) groups excluding carboxylic acids is 2. The number of fused-ring (bicyclic) bond motifs is 1. The second-order valence-electron chi connectivity index (χ2n) is 8.16. The van der Waals surface area contributed by atoms with Gasteiger partial charge in [-0.2, -0.15) is 0 Å². The molecule has 35 heavy (non-hydrogen) atoms. The van der Waals surface area contributed by atoms with Crippen LogP contribution in [0.25, 0.3) is 0 Å². The highest BCUT2D eigenvalue weighted by Crippen LogP contribution is 2.35. The van der Waals surface area contributed by atoms with Crippen molar-refractivity contribution in [2.45, 2.75) is 18.9 Å². The average molecular weight is 515 g/mol. The van der Waals surface area contributed by atoms with Crippen LogP contribution in [0.15, 0.2) is 53.2 Å². The van der Waals surface area contributed by atoms with Crippen LogP contribution < -0.4 is 9.47 Å². The van der Waals surface area contributed by atoms with Crippen LogP contribution in [0.1, 0.15) is 32.6 Å². The van der Waals surface area contributed by atoms with E-state index in [1.807, 2.05) is 40.6 Å². The molecule has 186 valence electrons. The van der Waals surface area contributed by atoms with Crippen LogP contribution in [-0.2, 0) is 16.0 Å². The van der Waals surface area contributed by atoms with Crippen molar-refractivity contribution < 1.29 is 23.8 Å². The molecule has 0 N–H and O–H groups in total. The van der Waals surface area contributed by atoms with Crippen LogP contribution in [0.2, 0.25) is 0 Å². The smallest absolute Gasteiger partial charge is 0.264 e. The first kappa shape index (κ1) is 25.2. The lowest BCUT2D eigenvalue weighted by Crippen LogP contribution is -2.48. The summed E-state index contributed by atoms with van der Waals surface area (Å²) in [6.45, 7) is 1.89. The van der Waals surface area contributed by atoms with Gasteiger partial charge < -0.3 is 24.0 Å². The highest BCUT2D eigenvalue weighted by atomic mass is 32.1. The van der Waals surface area contributed by atoms with E-state index in [0.29, 0.717) is 49.1 Å². The number of nitrogens with zero attached hydrogens (tertiary/aromatic N) is 2. The largest absolute Gasteiger partial charge is 0.493 e. The minimum atomic E-state index is -0.236. The van der Waals surface area contributed by atoms with E-state index < -0.39 is 0 Å². The fraction of sp³-hybridized carbons (Fsp3) is 0.385. The molecular formula is C26H30N2O5S2. The van der Waals surface area contributed by atoms with Gasteiger partial charge in [0.1, 0.15) is 13.2 Å². The van der Waals surface area contributed by atoms with Gasteiger partial charge in [0.15, 0.2) is 11.5 Å². The first-order valence-electron chi connectivity index (χ1n) is 11.6. The van der Waals surface area contributed by atoms with E-state index in [4.69, 9.17) is 14.2 Å². The summed E-state index contributed by atoms with van der Waals surface area (Å²) in [7, 11) is 3.24. The number of benzene rings is 1. The van der Waals surface area contributed by atoms with Gasteiger partial charge in [0.2, 0.25) is 5.91 Å². The van der Waals surface area contributed by atoms with Gasteiger partial charge in [0.05, 0.1) is 18.0 Å². The van der Waals surface area contributed by atoms with Gasteiger partial charge in [-0.25, -0.2) is 0 Å². The highest BCUT2D eigenvalue weighted by Gasteiger charge is 2.34. The Balaban J connectivity index is 1.52. The Morgan fingerprint density at radius 1 is 1.06 bits per heavy atom. The monoisotopic (exact) mass is 514 g/mol. The molecule has 0 aliphatic carbocycles. The van der Waals surface area contributed by atoms with Crippen LogP contribution in [0.4, 0.5) is 0 Å². The molecule has 0 saturated carbocycles. The Bertz CT molecular complexity index is 1110. The number of thiophene rings is 2. The number of amides is 2. The lowest BCUT2D eigenvalue weighted by Gasteiger charge is -2.37. The fourth-order valence-electron chi connectivity index (χ4n) is 4.24. The third-order valence-electron chi connectivity index (χ3n) is 6.00. The van der Waals surface area contributed by atoms with Crippen LogP contribution in [0.3, 0.4) is 0 Å². The normalized spacial score (nSPS) is 14.9. The number of para-hydroxylation sites is 2. The molecule has 2 amide bonds. The van der Waals surface area contributed by atoms with Gasteiger partial charge in [-0.05, 0) is 53.4 Å². The Morgan fingerprint density at radius 3 is 2.63 bits per heavy atom. The molecule has 2 aromatic heterocycles. The second kappa shape index (κ2) is 12.2. The van der Waals surface area contributed by atoms with Crippen molar-refractivity contribution in [3.63, 3.8) is 0 Å². The number of rotatable bonds is 11. The maximum atomic E-state index is 13.6. The topological polar surface area (TPSA) is 68.3 Å². The van der Waals surface area contributed by atoms with Crippen molar-refractivity contribution in [2.75, 3.05) is 47.1 Å². The Kier molecular flexibility index (Phi) is 8.79. The number of hydrogen-bond donors (Lipinski definition) is 0. The molecule has 0 bridgehead atoms. The first-order chi connectivity index (χ1) is 17.1. The van der Waals surface area contributed by atoms with Crippen LogP contribution >= 0.6 is 22.7 Å². The van der Waals surface area contributed by atoms with E-state index in [0.717, 1.165) is 12.0 Å². The number of hydrogen-bond acceptors (Lipinski definition) is 7. The van der Waals surface area contributed by atoms with E-state index in [2.05, 4.69) is 11.4 Å². The molecule has 1 aliphatic heterocycles. The van der Waals surface area contributed by atoms with Crippen molar-refractivity contribution in [1.29, 1.82) is 0 Å². The van der Waals surface area contributed by atoms with E-state index in [-0.39, 0.29) is 24.4 Å². The summed E-state index contributed by atoms with van der Waals surface area (Å²) in [5.41, 5.74) is 1.11. The lowest BCUT2D eigenvalue weighted by atomic mass is 10.0. The zero-order valence-corrected chi connectivity index (χ0v) is 21.6. The zero-order valence-electron chi connectivity index (χ0n) is 20.0. The molecule has 1 aromatic carbocycles. The fourth-order valence-corrected chi connectivity index (χ4v) is 5.86. The third kappa shape index (κ3) is 6.04. The molecule has 0 unspecified atom stereocenters. The second-order valence-corrected chi connectivity index (χ2v) is 10.1. The zero-order chi connectivity index (χ0) is 24.6. The van der Waals surface area contributed by atoms with Crippen LogP contribution in [0, 0.1) is 0 Å². The average Bonchev–Trinajstić information content (AvgIpc) is 3.59. The lowest BCUT2D eigenvalue weighted by molar-refractivity contribution is -0.135. The van der Waals surface area contributed by atoms with Gasteiger partial charge >= 0.3 is 0 Å². The molecule has 0 saturated heterocycles. The van der Waals surface area contributed by atoms with E-state index >= 15 is 0 Å². The summed E-state index contributed by atoms with van der Waals surface area (Å²) in [5, 5.41) is 3.93. The SMILES string of the molecule is COCCCN(CC(=O)N1CCc2sccc2[C@H]1COc1ccccc1OC)C(=O)c1cccs1. The van der Waals surface area contributed by atoms with Crippen molar-refractivity contribution in [1.82, 2.24) is 9.80 Å². The molecule has 7 nitrogen and oxygen atoms in total. The summed E-state index contributed by atoms with van der Waals surface area (Å²) >= 11 is 3.09. The Labute approximate surface area is 213 Å². The maximum Gasteiger partial charge on any atom is 0.264 e. The minimum Gasteiger partial charge on any atom is -0.493 e. The van der Waals surface area contributed by atoms with Crippen molar-refractivity contribution in [3.05, 3.63) is 68.5 Å². The summed E-state index contributed by atoms with van der Waals surface area (Å²) in [6, 6.07) is 13.0. The van der Waals surface area contributed by atoms with Gasteiger partial charge in [0, 0.05) is 31.7 Å². The quantitative estimate of drug-likeness (QED) is 0.353. The molecule has 0 spiro atoms. The molecule has 3 aromatic rings. The molecule has 9 heteroatoms. The molecular weight excluding hydrogens is 484 g/mol. The van der Waals surface area contributed by atoms with Gasteiger partial charge in [0.25, 0.3) is 5.91 Å². The van der Waals surface area contributed by atoms with E-state index in [1.54, 1.807) is 36.5 Å². The van der Waals surface area contributed by atoms with Gasteiger partial charge in [-0.15, -0.1) is 22.7 Å². The first-order valence-corrected chi connectivity index (χ1v) is 13.3. The standard InChI is InChI=1S/C26H30N2O5S2/c1-31-14-6-12-27(26(30)24-9-5-15-34-24)17-25(29)28-13-10-23-19(11-16-35-23)20(28)18-33-22-8-4-3-7-21(22)32-2/h3-5,7-9,11,15-16,20H,6,10,12-14,17-18H2,1-2H3/t20-/m1/s1. The van der Waals surface area contributed by atoms with Crippen LogP contribution in [-0.4, -0.2) is 68.7 Å². The molecule has 0 fully saturated rings. The summed E-state index contributed by atoms with van der Waals surface area (Å²) in [5.74, 6) is 1.08. The predicted octanol–water partition coefficient (Wildman–Crippen LogP) is 4.50. The number of methoxy groups -OCH3 is 2. The molecule has 1 atom stereocenters. The van der Waals surface area contributed by atoms with Crippen LogP contribution in [0.5, 0.6) is 11.5 Å². The number of carbonyl (C=O) groups is 2. The third-order valence-corrected chi connectivity index (χ3v) is 7.86. The van der Waals surface area contributed by atoms with Crippen molar-refractivity contribution >= 4 is 34.5 Å². The molecule has 1 aliphatic rings. The Morgan fingerprint density at radius 2 is 1.89 bits per heavy atom. The van der Waals surface area contributed by atoms with Gasteiger partial charge in [-0.3, -0.25) is 9.59 Å².